The van der Waals surface area contributed by atoms with Crippen LogP contribution in [-0.4, -0.2) is 13.2 Å². The molecular weight excluding hydrogens is 394 g/mol. The summed E-state index contributed by atoms with van der Waals surface area (Å²) in [4.78, 5) is 0. The zero-order chi connectivity index (χ0) is 14.8. The Balaban J connectivity index is 1.60. The van der Waals surface area contributed by atoms with Gasteiger partial charge in [0.1, 0.15) is 5.75 Å². The van der Waals surface area contributed by atoms with Gasteiger partial charge in [-0.3, -0.25) is 0 Å². The van der Waals surface area contributed by atoms with Crippen molar-refractivity contribution in [2.45, 2.75) is 24.8 Å². The van der Waals surface area contributed by atoms with Gasteiger partial charge >= 0.3 is 0 Å². The van der Waals surface area contributed by atoms with Gasteiger partial charge in [-0.1, -0.05) is 28.1 Å². The number of hydrogen-bond acceptors (Lipinski definition) is 2. The van der Waals surface area contributed by atoms with Crippen LogP contribution < -0.4 is 10.1 Å². The van der Waals surface area contributed by atoms with E-state index in [1.807, 2.05) is 12.1 Å². The van der Waals surface area contributed by atoms with Gasteiger partial charge < -0.3 is 10.1 Å². The van der Waals surface area contributed by atoms with Crippen molar-refractivity contribution in [1.82, 2.24) is 0 Å². The number of methoxy groups -OCH3 is 1. The van der Waals surface area contributed by atoms with Crippen molar-refractivity contribution in [3.05, 3.63) is 57.0 Å². The van der Waals surface area contributed by atoms with Crippen LogP contribution in [0, 0.1) is 0 Å². The lowest BCUT2D eigenvalue weighted by molar-refractivity contribution is 0.373. The highest BCUT2D eigenvalue weighted by molar-refractivity contribution is 9.10. The molecular formula is C17H17Br2NO. The molecule has 0 heterocycles. The Morgan fingerprint density at radius 3 is 2.62 bits per heavy atom. The van der Waals surface area contributed by atoms with Crippen LogP contribution in [-0.2, 0) is 0 Å². The van der Waals surface area contributed by atoms with Gasteiger partial charge in [0.15, 0.2) is 0 Å². The van der Waals surface area contributed by atoms with E-state index in [1.165, 1.54) is 18.4 Å². The fraction of sp³-hybridized carbons (Fsp3) is 0.294. The van der Waals surface area contributed by atoms with Crippen molar-refractivity contribution in [2.75, 3.05) is 12.4 Å². The van der Waals surface area contributed by atoms with E-state index in [-0.39, 0.29) is 0 Å². The Labute approximate surface area is 142 Å². The van der Waals surface area contributed by atoms with Gasteiger partial charge in [-0.15, -0.1) is 0 Å². The van der Waals surface area contributed by atoms with Crippen molar-refractivity contribution < 1.29 is 4.74 Å². The highest BCUT2D eigenvalue weighted by Gasteiger charge is 2.30. The highest BCUT2D eigenvalue weighted by atomic mass is 79.9. The first-order valence-corrected chi connectivity index (χ1v) is 8.60. The molecule has 0 unspecified atom stereocenters. The Bertz CT molecular complexity index is 638. The lowest BCUT2D eigenvalue weighted by atomic mass is 9.76. The summed E-state index contributed by atoms with van der Waals surface area (Å²) >= 11 is 7.02. The fourth-order valence-corrected chi connectivity index (χ4v) is 3.58. The maximum atomic E-state index is 5.33. The molecule has 2 nitrogen and oxygen atoms in total. The summed E-state index contributed by atoms with van der Waals surface area (Å²) in [6.45, 7) is 0. The minimum absolute atomic E-state index is 0.542. The van der Waals surface area contributed by atoms with Crippen molar-refractivity contribution in [3.63, 3.8) is 0 Å². The predicted octanol–water partition coefficient (Wildman–Crippen LogP) is 5.58. The van der Waals surface area contributed by atoms with E-state index in [1.54, 1.807) is 7.11 Å². The van der Waals surface area contributed by atoms with E-state index >= 15 is 0 Å². The van der Waals surface area contributed by atoms with E-state index in [2.05, 4.69) is 67.5 Å². The zero-order valence-electron chi connectivity index (χ0n) is 11.8. The summed E-state index contributed by atoms with van der Waals surface area (Å²) < 4.78 is 7.47. The van der Waals surface area contributed by atoms with E-state index in [4.69, 9.17) is 4.74 Å². The number of benzene rings is 2. The maximum Gasteiger partial charge on any atom is 0.135 e. The SMILES string of the molecule is COc1cc(NC2CC(c3cccc(Br)c3)C2)ccc1Br. The third kappa shape index (κ3) is 3.43. The van der Waals surface area contributed by atoms with Crippen molar-refractivity contribution in [2.24, 2.45) is 0 Å². The number of ether oxygens (including phenoxy) is 1. The number of nitrogens with one attached hydrogen (secondary N) is 1. The van der Waals surface area contributed by atoms with Crippen molar-refractivity contribution in [3.8, 4) is 5.75 Å². The summed E-state index contributed by atoms with van der Waals surface area (Å²) in [6, 6.07) is 15.3. The number of anilines is 1. The lowest BCUT2D eigenvalue weighted by Gasteiger charge is -2.37. The van der Waals surface area contributed by atoms with Crippen LogP contribution in [0.1, 0.15) is 24.3 Å². The van der Waals surface area contributed by atoms with Crippen LogP contribution in [0.25, 0.3) is 0 Å². The lowest BCUT2D eigenvalue weighted by Crippen LogP contribution is -2.33. The molecule has 21 heavy (non-hydrogen) atoms. The molecule has 3 rings (SSSR count). The summed E-state index contributed by atoms with van der Waals surface area (Å²) in [6.07, 6.45) is 2.35. The number of hydrogen-bond donors (Lipinski definition) is 1. The molecule has 110 valence electrons. The van der Waals surface area contributed by atoms with Crippen LogP contribution in [0.2, 0.25) is 0 Å². The second-order valence-corrected chi connectivity index (χ2v) is 7.18. The van der Waals surface area contributed by atoms with Crippen LogP contribution in [0.5, 0.6) is 5.75 Å². The summed E-state index contributed by atoms with van der Waals surface area (Å²) in [5.74, 6) is 1.53. The van der Waals surface area contributed by atoms with Crippen LogP contribution in [0.3, 0.4) is 0 Å². The third-order valence-corrected chi connectivity index (χ3v) is 5.13. The average molecular weight is 411 g/mol. The molecule has 1 aliphatic rings. The topological polar surface area (TPSA) is 21.3 Å². The van der Waals surface area contributed by atoms with E-state index in [9.17, 15) is 0 Å². The molecule has 0 amide bonds. The van der Waals surface area contributed by atoms with Gasteiger partial charge in [0.05, 0.1) is 11.6 Å². The van der Waals surface area contributed by atoms with Gasteiger partial charge in [-0.2, -0.15) is 0 Å². The van der Waals surface area contributed by atoms with Crippen LogP contribution >= 0.6 is 31.9 Å². The standard InChI is InChI=1S/C17H17Br2NO/c1-21-17-10-14(5-6-16(17)19)20-15-8-12(9-15)11-3-2-4-13(18)7-11/h2-7,10,12,15,20H,8-9H2,1H3. The fourth-order valence-electron chi connectivity index (χ4n) is 2.75. The van der Waals surface area contributed by atoms with Crippen LogP contribution in [0.4, 0.5) is 5.69 Å². The Hall–Kier alpha value is -1.000. The quantitative estimate of drug-likeness (QED) is 0.710. The summed E-state index contributed by atoms with van der Waals surface area (Å²) in [5.41, 5.74) is 2.54. The molecule has 0 aromatic heterocycles. The first-order valence-electron chi connectivity index (χ1n) is 7.01. The molecule has 0 saturated heterocycles. The zero-order valence-corrected chi connectivity index (χ0v) is 14.9. The van der Waals surface area contributed by atoms with Crippen molar-refractivity contribution >= 4 is 37.5 Å². The van der Waals surface area contributed by atoms with Gasteiger partial charge in [-0.05, 0) is 64.5 Å². The normalized spacial score (nSPS) is 20.7. The monoisotopic (exact) mass is 409 g/mol. The molecule has 0 radical (unpaired) electrons. The number of halogens is 2. The Morgan fingerprint density at radius 1 is 1.10 bits per heavy atom. The van der Waals surface area contributed by atoms with E-state index in [0.717, 1.165) is 20.4 Å². The minimum atomic E-state index is 0.542. The smallest absolute Gasteiger partial charge is 0.135 e. The first kappa shape index (κ1) is 14.9. The molecule has 1 N–H and O–H groups in total. The second kappa shape index (κ2) is 6.41. The molecule has 0 bridgehead atoms. The molecule has 0 aliphatic heterocycles. The minimum Gasteiger partial charge on any atom is -0.495 e. The molecule has 1 fully saturated rings. The highest BCUT2D eigenvalue weighted by Crippen LogP contribution is 2.39. The molecule has 2 aromatic rings. The third-order valence-electron chi connectivity index (χ3n) is 3.98. The van der Waals surface area contributed by atoms with Crippen molar-refractivity contribution in [1.29, 1.82) is 0 Å². The molecule has 4 heteroatoms. The molecule has 0 spiro atoms. The predicted molar refractivity (Wildman–Crippen MR) is 94.2 cm³/mol. The summed E-state index contributed by atoms with van der Waals surface area (Å²) in [7, 11) is 1.69. The van der Waals surface area contributed by atoms with Crippen LogP contribution in [0.15, 0.2) is 51.4 Å². The second-order valence-electron chi connectivity index (χ2n) is 5.41. The largest absolute Gasteiger partial charge is 0.495 e. The number of rotatable bonds is 4. The first-order chi connectivity index (χ1) is 10.2. The van der Waals surface area contributed by atoms with Gasteiger partial charge in [0.25, 0.3) is 0 Å². The van der Waals surface area contributed by atoms with Gasteiger partial charge in [0.2, 0.25) is 0 Å². The maximum absolute atomic E-state index is 5.33. The van der Waals surface area contributed by atoms with E-state index in [0.29, 0.717) is 12.0 Å². The van der Waals surface area contributed by atoms with Gasteiger partial charge in [0, 0.05) is 22.3 Å². The molecule has 1 saturated carbocycles. The Kier molecular flexibility index (Phi) is 4.55. The molecule has 2 aromatic carbocycles. The molecule has 1 aliphatic carbocycles. The van der Waals surface area contributed by atoms with Gasteiger partial charge in [-0.25, -0.2) is 0 Å². The molecule has 0 atom stereocenters. The summed E-state index contributed by atoms with van der Waals surface area (Å²) in [5, 5.41) is 3.58. The van der Waals surface area contributed by atoms with E-state index < -0.39 is 0 Å². The average Bonchev–Trinajstić information content (AvgIpc) is 2.44. The Morgan fingerprint density at radius 2 is 1.90 bits per heavy atom.